The standard InChI is InChI=1S/C18H21N5O5/c19-18-21-16-15(20-9-23(16)14-6-11(26)13(8-25)27-14)17(22-18)28-12(7-24)10-4-2-1-3-5-10/h1-5,9,11-14,24-26H,6-8H2,(H2,19,21,22)/t11-,12?,13+,14+/m0/s1. The van der Waals surface area contributed by atoms with Crippen LogP contribution < -0.4 is 10.5 Å². The molecule has 1 aromatic carbocycles. The number of nitrogen functional groups attached to an aromatic ring is 1. The smallest absolute Gasteiger partial charge is 0.247 e. The third kappa shape index (κ3) is 3.38. The van der Waals surface area contributed by atoms with Crippen LogP contribution in [0.25, 0.3) is 11.2 Å². The molecule has 5 N–H and O–H groups in total. The van der Waals surface area contributed by atoms with E-state index in [1.54, 1.807) is 4.57 Å². The summed E-state index contributed by atoms with van der Waals surface area (Å²) in [6.45, 7) is -0.544. The molecule has 4 rings (SSSR count). The lowest BCUT2D eigenvalue weighted by atomic mass is 10.1. The van der Waals surface area contributed by atoms with E-state index in [9.17, 15) is 15.3 Å². The maximum Gasteiger partial charge on any atom is 0.247 e. The summed E-state index contributed by atoms with van der Waals surface area (Å²) in [7, 11) is 0. The summed E-state index contributed by atoms with van der Waals surface area (Å²) >= 11 is 0. The van der Waals surface area contributed by atoms with Crippen molar-refractivity contribution in [3.8, 4) is 5.88 Å². The predicted molar refractivity (Wildman–Crippen MR) is 98.3 cm³/mol. The first-order valence-corrected chi connectivity index (χ1v) is 8.87. The average molecular weight is 387 g/mol. The van der Waals surface area contributed by atoms with E-state index in [2.05, 4.69) is 15.0 Å². The molecule has 1 unspecified atom stereocenters. The minimum atomic E-state index is -0.792. The predicted octanol–water partition coefficient (Wildman–Crippen LogP) is 0.162. The Labute approximate surface area is 160 Å². The number of anilines is 1. The van der Waals surface area contributed by atoms with Crippen molar-refractivity contribution in [3.05, 3.63) is 42.2 Å². The highest BCUT2D eigenvalue weighted by Crippen LogP contribution is 2.33. The monoisotopic (exact) mass is 387 g/mol. The van der Waals surface area contributed by atoms with Gasteiger partial charge in [0.05, 0.1) is 25.6 Å². The molecule has 3 heterocycles. The molecule has 1 aliphatic heterocycles. The second-order valence-electron chi connectivity index (χ2n) is 6.53. The van der Waals surface area contributed by atoms with E-state index in [4.69, 9.17) is 15.2 Å². The molecule has 0 amide bonds. The van der Waals surface area contributed by atoms with E-state index in [0.29, 0.717) is 11.2 Å². The Balaban J connectivity index is 1.68. The van der Waals surface area contributed by atoms with Crippen LogP contribution in [0.4, 0.5) is 5.95 Å². The van der Waals surface area contributed by atoms with Crippen LogP contribution in [0.5, 0.6) is 5.88 Å². The minimum Gasteiger partial charge on any atom is -0.465 e. The summed E-state index contributed by atoms with van der Waals surface area (Å²) in [5.74, 6) is 0.118. The Hall–Kier alpha value is -2.79. The fourth-order valence-corrected chi connectivity index (χ4v) is 3.26. The van der Waals surface area contributed by atoms with Crippen molar-refractivity contribution in [2.75, 3.05) is 18.9 Å². The van der Waals surface area contributed by atoms with Crippen LogP contribution >= 0.6 is 0 Å². The van der Waals surface area contributed by atoms with Gasteiger partial charge < -0.3 is 30.5 Å². The van der Waals surface area contributed by atoms with Crippen molar-refractivity contribution in [1.82, 2.24) is 19.5 Å². The van der Waals surface area contributed by atoms with Crippen LogP contribution in [-0.4, -0.2) is 60.3 Å². The SMILES string of the molecule is Nc1nc(OC(CO)c2ccccc2)c2ncn([C@H]3C[C@H](O)[C@@H](CO)O3)c2n1. The van der Waals surface area contributed by atoms with Crippen LogP contribution in [0.15, 0.2) is 36.7 Å². The average Bonchev–Trinajstić information content (AvgIpc) is 3.29. The van der Waals surface area contributed by atoms with Gasteiger partial charge in [-0.2, -0.15) is 9.97 Å². The van der Waals surface area contributed by atoms with Gasteiger partial charge in [-0.3, -0.25) is 4.57 Å². The first kappa shape index (κ1) is 18.6. The molecule has 3 aromatic rings. The van der Waals surface area contributed by atoms with Gasteiger partial charge in [-0.05, 0) is 5.56 Å². The van der Waals surface area contributed by atoms with Crippen LogP contribution in [0.2, 0.25) is 0 Å². The number of fused-ring (bicyclic) bond motifs is 1. The number of aliphatic hydroxyl groups excluding tert-OH is 3. The number of hydrogen-bond acceptors (Lipinski definition) is 9. The van der Waals surface area contributed by atoms with E-state index in [0.717, 1.165) is 5.56 Å². The maximum atomic E-state index is 9.99. The molecule has 4 atom stereocenters. The molecule has 0 saturated carbocycles. The highest BCUT2D eigenvalue weighted by atomic mass is 16.5. The van der Waals surface area contributed by atoms with Gasteiger partial charge in [0.2, 0.25) is 11.8 Å². The number of aliphatic hydroxyl groups is 3. The molecule has 10 nitrogen and oxygen atoms in total. The minimum absolute atomic E-state index is 0.0220. The molecular formula is C18H21N5O5. The van der Waals surface area contributed by atoms with Gasteiger partial charge in [-0.1, -0.05) is 30.3 Å². The molecule has 1 saturated heterocycles. The second-order valence-corrected chi connectivity index (χ2v) is 6.53. The molecule has 10 heteroatoms. The number of nitrogens with two attached hydrogens (primary N) is 1. The lowest BCUT2D eigenvalue weighted by molar-refractivity contribution is -0.0432. The molecular weight excluding hydrogens is 366 g/mol. The van der Waals surface area contributed by atoms with Crippen LogP contribution in [0.1, 0.15) is 24.3 Å². The van der Waals surface area contributed by atoms with Crippen LogP contribution in [0, 0.1) is 0 Å². The van der Waals surface area contributed by atoms with Crippen molar-refractivity contribution in [3.63, 3.8) is 0 Å². The summed E-state index contributed by atoms with van der Waals surface area (Å²) in [5.41, 5.74) is 7.37. The molecule has 0 aliphatic carbocycles. The summed E-state index contributed by atoms with van der Waals surface area (Å²) in [6, 6.07) is 9.24. The lowest BCUT2D eigenvalue weighted by Crippen LogP contribution is -2.24. The zero-order valence-corrected chi connectivity index (χ0v) is 14.9. The summed E-state index contributed by atoms with van der Waals surface area (Å²) in [6.07, 6.45) is -0.887. The first-order valence-electron chi connectivity index (χ1n) is 8.87. The van der Waals surface area contributed by atoms with E-state index in [1.807, 2.05) is 30.3 Å². The molecule has 0 radical (unpaired) electrons. The van der Waals surface area contributed by atoms with Gasteiger partial charge >= 0.3 is 0 Å². The topological polar surface area (TPSA) is 149 Å². The first-order chi connectivity index (χ1) is 13.6. The number of nitrogens with zero attached hydrogens (tertiary/aromatic N) is 4. The van der Waals surface area contributed by atoms with Gasteiger partial charge in [0.25, 0.3) is 0 Å². The Morgan fingerprint density at radius 2 is 2.04 bits per heavy atom. The normalized spacial score (nSPS) is 23.2. The Morgan fingerprint density at radius 1 is 1.25 bits per heavy atom. The van der Waals surface area contributed by atoms with Crippen LogP contribution in [-0.2, 0) is 4.74 Å². The zero-order chi connectivity index (χ0) is 19.7. The highest BCUT2D eigenvalue weighted by molar-refractivity contribution is 5.77. The fraction of sp³-hybridized carbons (Fsp3) is 0.389. The Bertz CT molecular complexity index is 950. The van der Waals surface area contributed by atoms with Crippen molar-refractivity contribution < 1.29 is 24.8 Å². The second kappa shape index (κ2) is 7.68. The Morgan fingerprint density at radius 3 is 2.71 bits per heavy atom. The lowest BCUT2D eigenvalue weighted by Gasteiger charge is -2.17. The molecule has 28 heavy (non-hydrogen) atoms. The number of aromatic nitrogens is 4. The van der Waals surface area contributed by atoms with Gasteiger partial charge in [-0.25, -0.2) is 4.98 Å². The van der Waals surface area contributed by atoms with Crippen molar-refractivity contribution in [2.45, 2.75) is 31.0 Å². The van der Waals surface area contributed by atoms with Crippen molar-refractivity contribution in [2.24, 2.45) is 0 Å². The van der Waals surface area contributed by atoms with Gasteiger partial charge in [-0.15, -0.1) is 0 Å². The largest absolute Gasteiger partial charge is 0.465 e. The quantitative estimate of drug-likeness (QED) is 0.464. The summed E-state index contributed by atoms with van der Waals surface area (Å²) < 4.78 is 13.2. The number of hydrogen-bond donors (Lipinski definition) is 4. The molecule has 1 aliphatic rings. The van der Waals surface area contributed by atoms with E-state index < -0.39 is 24.5 Å². The maximum absolute atomic E-state index is 9.99. The third-order valence-corrected chi connectivity index (χ3v) is 4.69. The third-order valence-electron chi connectivity index (χ3n) is 4.69. The number of benzene rings is 1. The zero-order valence-electron chi connectivity index (χ0n) is 14.9. The number of imidazole rings is 1. The molecule has 0 bridgehead atoms. The van der Waals surface area contributed by atoms with Gasteiger partial charge in [0.15, 0.2) is 11.2 Å². The van der Waals surface area contributed by atoms with Crippen LogP contribution in [0.3, 0.4) is 0 Å². The number of rotatable bonds is 6. The molecule has 1 fully saturated rings. The number of ether oxygens (including phenoxy) is 2. The van der Waals surface area contributed by atoms with Crippen molar-refractivity contribution >= 4 is 17.1 Å². The van der Waals surface area contributed by atoms with E-state index >= 15 is 0 Å². The van der Waals surface area contributed by atoms with Gasteiger partial charge in [0.1, 0.15) is 18.4 Å². The summed E-state index contributed by atoms with van der Waals surface area (Å²) in [5, 5.41) is 29.0. The van der Waals surface area contributed by atoms with Gasteiger partial charge in [0, 0.05) is 6.42 Å². The summed E-state index contributed by atoms with van der Waals surface area (Å²) in [4.78, 5) is 12.7. The highest BCUT2D eigenvalue weighted by Gasteiger charge is 2.35. The Kier molecular flexibility index (Phi) is 5.09. The van der Waals surface area contributed by atoms with E-state index in [-0.39, 0.29) is 31.5 Å². The molecule has 148 valence electrons. The molecule has 2 aromatic heterocycles. The van der Waals surface area contributed by atoms with Crippen molar-refractivity contribution in [1.29, 1.82) is 0 Å². The fourth-order valence-electron chi connectivity index (χ4n) is 3.26. The molecule has 0 spiro atoms. The van der Waals surface area contributed by atoms with E-state index in [1.165, 1.54) is 6.33 Å².